The minimum absolute atomic E-state index is 0.236. The van der Waals surface area contributed by atoms with Crippen molar-refractivity contribution >= 4 is 34.5 Å². The molecule has 30 heavy (non-hydrogen) atoms. The number of anilines is 1. The second kappa shape index (κ2) is 8.06. The van der Waals surface area contributed by atoms with Crippen molar-refractivity contribution in [1.29, 1.82) is 0 Å². The van der Waals surface area contributed by atoms with Crippen LogP contribution in [0.4, 0.5) is 5.69 Å². The standard InChI is InChI=1S/C24H25NO5/c1-14-10-16(11-15(2)22(14)30-24(3,4)23(27)28)6-9-19(26)21-12-17-7-8-18(25-5)13-20(17)29-21/h6-13,25H,1-5H3,(H,27,28)/b9-6+. The fourth-order valence-corrected chi connectivity index (χ4v) is 3.10. The summed E-state index contributed by atoms with van der Waals surface area (Å²) in [6.07, 6.45) is 3.17. The van der Waals surface area contributed by atoms with E-state index in [4.69, 9.17) is 9.15 Å². The molecule has 0 unspecified atom stereocenters. The number of ketones is 1. The van der Waals surface area contributed by atoms with Crippen LogP contribution in [0.3, 0.4) is 0 Å². The first-order valence-corrected chi connectivity index (χ1v) is 9.58. The molecule has 6 nitrogen and oxygen atoms in total. The van der Waals surface area contributed by atoms with E-state index in [2.05, 4.69) is 5.32 Å². The van der Waals surface area contributed by atoms with Crippen molar-refractivity contribution in [3.63, 3.8) is 0 Å². The van der Waals surface area contributed by atoms with E-state index in [0.29, 0.717) is 11.3 Å². The van der Waals surface area contributed by atoms with E-state index in [1.807, 2.05) is 51.2 Å². The summed E-state index contributed by atoms with van der Waals surface area (Å²) in [4.78, 5) is 23.9. The van der Waals surface area contributed by atoms with Crippen molar-refractivity contribution in [3.05, 3.63) is 64.9 Å². The Morgan fingerprint density at radius 2 is 1.77 bits per heavy atom. The van der Waals surface area contributed by atoms with Crippen molar-refractivity contribution in [2.45, 2.75) is 33.3 Å². The van der Waals surface area contributed by atoms with Crippen molar-refractivity contribution in [1.82, 2.24) is 0 Å². The van der Waals surface area contributed by atoms with Gasteiger partial charge in [-0.25, -0.2) is 4.79 Å². The zero-order valence-corrected chi connectivity index (χ0v) is 17.7. The van der Waals surface area contributed by atoms with Crippen LogP contribution in [-0.2, 0) is 4.79 Å². The number of ether oxygens (including phenoxy) is 1. The van der Waals surface area contributed by atoms with Gasteiger partial charge in [-0.15, -0.1) is 0 Å². The Labute approximate surface area is 175 Å². The minimum atomic E-state index is -1.34. The Balaban J connectivity index is 1.82. The molecule has 2 aromatic carbocycles. The van der Waals surface area contributed by atoms with E-state index in [-0.39, 0.29) is 11.5 Å². The maximum Gasteiger partial charge on any atom is 0.347 e. The minimum Gasteiger partial charge on any atom is -0.478 e. The molecule has 2 N–H and O–H groups in total. The third-order valence-electron chi connectivity index (χ3n) is 4.83. The highest BCUT2D eigenvalue weighted by Gasteiger charge is 2.30. The number of hydrogen-bond acceptors (Lipinski definition) is 5. The second-order valence-corrected chi connectivity index (χ2v) is 7.71. The number of allylic oxidation sites excluding steroid dienone is 1. The van der Waals surface area contributed by atoms with Gasteiger partial charge in [0.2, 0.25) is 5.78 Å². The monoisotopic (exact) mass is 407 g/mol. The molecule has 0 spiro atoms. The van der Waals surface area contributed by atoms with Gasteiger partial charge in [0.25, 0.3) is 0 Å². The molecule has 156 valence electrons. The maximum absolute atomic E-state index is 12.6. The molecular formula is C24H25NO5. The average Bonchev–Trinajstić information content (AvgIpc) is 3.12. The quantitative estimate of drug-likeness (QED) is 0.412. The molecule has 1 aromatic heterocycles. The fourth-order valence-electron chi connectivity index (χ4n) is 3.10. The Bertz CT molecular complexity index is 1130. The highest BCUT2D eigenvalue weighted by atomic mass is 16.5. The smallest absolute Gasteiger partial charge is 0.347 e. The first kappa shape index (κ1) is 21.2. The third-order valence-corrected chi connectivity index (χ3v) is 4.83. The number of furan rings is 1. The molecule has 0 bridgehead atoms. The molecule has 3 aromatic rings. The molecule has 3 rings (SSSR count). The van der Waals surface area contributed by atoms with Crippen LogP contribution in [-0.4, -0.2) is 29.5 Å². The summed E-state index contributed by atoms with van der Waals surface area (Å²) in [5.74, 6) is -0.474. The van der Waals surface area contributed by atoms with E-state index in [1.165, 1.54) is 19.9 Å². The molecule has 0 amide bonds. The van der Waals surface area contributed by atoms with Crippen molar-refractivity contribution in [3.8, 4) is 5.75 Å². The predicted molar refractivity (Wildman–Crippen MR) is 117 cm³/mol. The molecule has 1 heterocycles. The lowest BCUT2D eigenvalue weighted by atomic mass is 10.0. The Morgan fingerprint density at radius 3 is 2.37 bits per heavy atom. The van der Waals surface area contributed by atoms with Gasteiger partial charge in [0, 0.05) is 24.2 Å². The SMILES string of the molecule is CNc1ccc2cc(C(=O)/C=C/c3cc(C)c(OC(C)(C)C(=O)O)c(C)c3)oc2c1. The van der Waals surface area contributed by atoms with E-state index < -0.39 is 11.6 Å². The summed E-state index contributed by atoms with van der Waals surface area (Å²) in [7, 11) is 1.82. The summed E-state index contributed by atoms with van der Waals surface area (Å²) < 4.78 is 11.4. The van der Waals surface area contributed by atoms with E-state index >= 15 is 0 Å². The van der Waals surface area contributed by atoms with Crippen LogP contribution in [0.5, 0.6) is 5.75 Å². The summed E-state index contributed by atoms with van der Waals surface area (Å²) in [5, 5.41) is 13.2. The first-order valence-electron chi connectivity index (χ1n) is 9.58. The van der Waals surface area contributed by atoms with E-state index in [0.717, 1.165) is 27.8 Å². The number of carboxylic acid groups (broad SMARTS) is 1. The van der Waals surface area contributed by atoms with Gasteiger partial charge in [-0.1, -0.05) is 6.08 Å². The summed E-state index contributed by atoms with van der Waals surface area (Å²) in [6, 6.07) is 11.1. The Morgan fingerprint density at radius 1 is 1.10 bits per heavy atom. The van der Waals surface area contributed by atoms with E-state index in [9.17, 15) is 14.7 Å². The van der Waals surface area contributed by atoms with Crippen LogP contribution in [0.15, 0.2) is 46.9 Å². The zero-order valence-electron chi connectivity index (χ0n) is 17.7. The third kappa shape index (κ3) is 4.38. The number of rotatable bonds is 7. The number of carboxylic acids is 1. The van der Waals surface area contributed by atoms with Crippen LogP contribution in [0.1, 0.15) is 41.1 Å². The number of benzene rings is 2. The summed E-state index contributed by atoms with van der Waals surface area (Å²) >= 11 is 0. The molecule has 0 aliphatic rings. The lowest BCUT2D eigenvalue weighted by Crippen LogP contribution is -2.38. The molecule has 0 saturated carbocycles. The van der Waals surface area contributed by atoms with Crippen molar-refractivity contribution in [2.75, 3.05) is 12.4 Å². The van der Waals surface area contributed by atoms with Gasteiger partial charge in [-0.05, 0) is 80.8 Å². The van der Waals surface area contributed by atoms with Crippen LogP contribution in [0.25, 0.3) is 17.0 Å². The van der Waals surface area contributed by atoms with Gasteiger partial charge in [0.1, 0.15) is 11.3 Å². The molecule has 0 saturated heterocycles. The van der Waals surface area contributed by atoms with Gasteiger partial charge in [-0.3, -0.25) is 4.79 Å². The summed E-state index contributed by atoms with van der Waals surface area (Å²) in [6.45, 7) is 6.71. The van der Waals surface area contributed by atoms with Crippen molar-refractivity contribution in [2.24, 2.45) is 0 Å². The van der Waals surface area contributed by atoms with Crippen molar-refractivity contribution < 1.29 is 23.8 Å². The fraction of sp³-hybridized carbons (Fsp3) is 0.250. The number of carbonyl (C=O) groups is 2. The van der Waals surface area contributed by atoms with Crippen LogP contribution < -0.4 is 10.1 Å². The number of carbonyl (C=O) groups excluding carboxylic acids is 1. The largest absolute Gasteiger partial charge is 0.478 e. The number of hydrogen-bond donors (Lipinski definition) is 2. The molecule has 0 fully saturated rings. The lowest BCUT2D eigenvalue weighted by Gasteiger charge is -2.24. The highest BCUT2D eigenvalue weighted by Crippen LogP contribution is 2.29. The highest BCUT2D eigenvalue weighted by molar-refractivity contribution is 6.07. The summed E-state index contributed by atoms with van der Waals surface area (Å²) in [5.41, 5.74) is 2.61. The number of aliphatic carboxylic acids is 1. The number of aryl methyl sites for hydroxylation is 2. The van der Waals surface area contributed by atoms with Crippen LogP contribution in [0, 0.1) is 13.8 Å². The lowest BCUT2D eigenvalue weighted by molar-refractivity contribution is -0.152. The zero-order chi connectivity index (χ0) is 22.1. The Kier molecular flexibility index (Phi) is 5.69. The number of nitrogens with one attached hydrogen (secondary N) is 1. The topological polar surface area (TPSA) is 88.8 Å². The molecule has 0 atom stereocenters. The average molecular weight is 407 g/mol. The second-order valence-electron chi connectivity index (χ2n) is 7.71. The van der Waals surface area contributed by atoms with Crippen LogP contribution in [0.2, 0.25) is 0 Å². The normalized spacial score (nSPS) is 11.8. The molecular weight excluding hydrogens is 382 g/mol. The maximum atomic E-state index is 12.6. The van der Waals surface area contributed by atoms with Gasteiger partial charge in [0.15, 0.2) is 11.4 Å². The van der Waals surface area contributed by atoms with Gasteiger partial charge in [-0.2, -0.15) is 0 Å². The Hall–Kier alpha value is -3.54. The van der Waals surface area contributed by atoms with Crippen LogP contribution >= 0.6 is 0 Å². The molecule has 0 aliphatic carbocycles. The predicted octanol–water partition coefficient (Wildman–Crippen LogP) is 5.23. The molecule has 0 radical (unpaired) electrons. The van der Waals surface area contributed by atoms with Gasteiger partial charge < -0.3 is 19.6 Å². The van der Waals surface area contributed by atoms with E-state index in [1.54, 1.807) is 12.1 Å². The number of fused-ring (bicyclic) bond motifs is 1. The first-order chi connectivity index (χ1) is 14.1. The molecule has 6 heteroatoms. The molecule has 0 aliphatic heterocycles. The van der Waals surface area contributed by atoms with Gasteiger partial charge >= 0.3 is 5.97 Å². The van der Waals surface area contributed by atoms with Gasteiger partial charge in [0.05, 0.1) is 0 Å².